The van der Waals surface area contributed by atoms with E-state index < -0.39 is 0 Å². The molecule has 4 nitrogen and oxygen atoms in total. The molecule has 3 rings (SSSR count). The lowest BCUT2D eigenvalue weighted by molar-refractivity contribution is 0.0531. The minimum Gasteiger partial charge on any atom is -0.462 e. The van der Waals surface area contributed by atoms with Gasteiger partial charge in [-0.2, -0.15) is 0 Å². The molecule has 0 atom stereocenters. The molecule has 0 aromatic carbocycles. The molecule has 104 valence electrons. The Morgan fingerprint density at radius 2 is 2.35 bits per heavy atom. The number of hydrogen-bond donors (Lipinski definition) is 0. The van der Waals surface area contributed by atoms with Crippen LogP contribution < -0.4 is 0 Å². The third-order valence-corrected chi connectivity index (χ3v) is 5.69. The van der Waals surface area contributed by atoms with E-state index in [1.165, 1.54) is 11.3 Å². The zero-order valence-corrected chi connectivity index (χ0v) is 14.1. The Bertz CT molecular complexity index is 788. The number of imidazole rings is 1. The first-order valence-corrected chi connectivity index (χ1v) is 8.49. The molecule has 0 amide bonds. The van der Waals surface area contributed by atoms with Crippen molar-refractivity contribution in [2.75, 3.05) is 6.61 Å². The number of nitrogens with zero attached hydrogens (tertiary/aromatic N) is 2. The molecule has 0 aliphatic heterocycles. The number of aromatic nitrogens is 2. The van der Waals surface area contributed by atoms with Crippen LogP contribution in [0.2, 0.25) is 0 Å². The van der Waals surface area contributed by atoms with Gasteiger partial charge in [-0.15, -0.1) is 11.3 Å². The van der Waals surface area contributed by atoms with Crippen LogP contribution >= 0.6 is 38.6 Å². The summed E-state index contributed by atoms with van der Waals surface area (Å²) in [5.74, 6) is -0.277. The number of esters is 1. The minimum atomic E-state index is -0.277. The summed E-state index contributed by atoms with van der Waals surface area (Å²) >= 11 is 6.44. The maximum absolute atomic E-state index is 11.8. The summed E-state index contributed by atoms with van der Waals surface area (Å²) in [6, 6.07) is 2.04. The highest BCUT2D eigenvalue weighted by molar-refractivity contribution is 9.10. The van der Waals surface area contributed by atoms with Crippen LogP contribution in [0.25, 0.3) is 15.5 Å². The first kappa shape index (κ1) is 13.8. The van der Waals surface area contributed by atoms with E-state index in [0.717, 1.165) is 25.7 Å². The van der Waals surface area contributed by atoms with Crippen LogP contribution in [0.4, 0.5) is 0 Å². The van der Waals surface area contributed by atoms with Crippen LogP contribution in [0, 0.1) is 6.92 Å². The molecule has 3 aromatic rings. The quantitative estimate of drug-likeness (QED) is 0.642. The highest BCUT2D eigenvalue weighted by Gasteiger charge is 2.19. The number of carbonyl (C=O) groups is 1. The summed E-state index contributed by atoms with van der Waals surface area (Å²) in [5.41, 5.74) is 1.79. The number of ether oxygens (including phenoxy) is 1. The van der Waals surface area contributed by atoms with Crippen LogP contribution in [-0.4, -0.2) is 22.0 Å². The van der Waals surface area contributed by atoms with Gasteiger partial charge in [-0.25, -0.2) is 9.78 Å². The lowest BCUT2D eigenvalue weighted by Crippen LogP contribution is -2.04. The fraction of sp³-hybridized carbons (Fsp3) is 0.231. The molecule has 3 aromatic heterocycles. The second kappa shape index (κ2) is 5.31. The molecule has 0 saturated heterocycles. The highest BCUT2D eigenvalue weighted by Crippen LogP contribution is 2.32. The fourth-order valence-corrected chi connectivity index (χ4v) is 4.29. The van der Waals surface area contributed by atoms with Crippen LogP contribution in [0.1, 0.15) is 22.3 Å². The topological polar surface area (TPSA) is 43.6 Å². The Labute approximate surface area is 132 Å². The van der Waals surface area contributed by atoms with Crippen molar-refractivity contribution in [2.45, 2.75) is 13.8 Å². The maximum Gasteiger partial charge on any atom is 0.350 e. The van der Waals surface area contributed by atoms with Gasteiger partial charge in [-0.1, -0.05) is 11.3 Å². The van der Waals surface area contributed by atoms with Crippen molar-refractivity contribution in [2.24, 2.45) is 0 Å². The number of aryl methyl sites for hydroxylation is 1. The Hall–Kier alpha value is -1.18. The average Bonchev–Trinajstić information content (AvgIpc) is 3.06. The lowest BCUT2D eigenvalue weighted by atomic mass is 10.3. The number of hydrogen-bond acceptors (Lipinski definition) is 5. The molecule has 20 heavy (non-hydrogen) atoms. The molecule has 0 saturated carbocycles. The van der Waals surface area contributed by atoms with Crippen LogP contribution in [0.15, 0.2) is 22.1 Å². The van der Waals surface area contributed by atoms with E-state index in [0.29, 0.717) is 11.5 Å². The van der Waals surface area contributed by atoms with Gasteiger partial charge in [0.25, 0.3) is 0 Å². The van der Waals surface area contributed by atoms with Crippen LogP contribution in [-0.2, 0) is 4.74 Å². The molecule has 0 spiro atoms. The van der Waals surface area contributed by atoms with Gasteiger partial charge in [-0.05, 0) is 35.8 Å². The van der Waals surface area contributed by atoms with E-state index in [4.69, 9.17) is 4.74 Å². The molecule has 3 heterocycles. The van der Waals surface area contributed by atoms with Crippen molar-refractivity contribution in [3.05, 3.63) is 32.7 Å². The van der Waals surface area contributed by atoms with E-state index in [-0.39, 0.29) is 5.97 Å². The van der Waals surface area contributed by atoms with Gasteiger partial charge < -0.3 is 4.74 Å². The van der Waals surface area contributed by atoms with Gasteiger partial charge in [0, 0.05) is 21.7 Å². The predicted molar refractivity (Wildman–Crippen MR) is 84.8 cm³/mol. The van der Waals surface area contributed by atoms with Gasteiger partial charge in [-0.3, -0.25) is 4.40 Å². The Balaban J connectivity index is 2.04. The fourth-order valence-electron chi connectivity index (χ4n) is 1.90. The monoisotopic (exact) mass is 370 g/mol. The highest BCUT2D eigenvalue weighted by atomic mass is 79.9. The Morgan fingerprint density at radius 1 is 1.55 bits per heavy atom. The number of rotatable bonds is 3. The molecule has 0 fully saturated rings. The van der Waals surface area contributed by atoms with Crippen molar-refractivity contribution in [1.82, 2.24) is 9.38 Å². The second-order valence-electron chi connectivity index (χ2n) is 4.14. The van der Waals surface area contributed by atoms with Crippen molar-refractivity contribution in [3.8, 4) is 10.6 Å². The number of halogens is 1. The summed E-state index contributed by atoms with van der Waals surface area (Å²) in [6.45, 7) is 4.09. The standard InChI is InChI=1S/C13H11BrN2O2S2/c1-3-18-12(17)11-7(2)16-5-9(15-13(16)20-11)10-4-8(14)6-19-10/h4-6H,3H2,1-2H3. The van der Waals surface area contributed by atoms with Crippen molar-refractivity contribution < 1.29 is 9.53 Å². The van der Waals surface area contributed by atoms with E-state index in [1.54, 1.807) is 18.3 Å². The predicted octanol–water partition coefficient (Wildman–Crippen LogP) is 4.37. The van der Waals surface area contributed by atoms with E-state index >= 15 is 0 Å². The Kier molecular flexibility index (Phi) is 3.66. The lowest BCUT2D eigenvalue weighted by Gasteiger charge is -1.99. The smallest absolute Gasteiger partial charge is 0.350 e. The minimum absolute atomic E-state index is 0.277. The zero-order valence-electron chi connectivity index (χ0n) is 10.8. The normalized spacial score (nSPS) is 11.2. The molecule has 0 aliphatic rings. The summed E-state index contributed by atoms with van der Waals surface area (Å²) < 4.78 is 8.05. The third-order valence-electron chi connectivity index (χ3n) is 2.84. The average molecular weight is 371 g/mol. The number of fused-ring (bicyclic) bond motifs is 1. The largest absolute Gasteiger partial charge is 0.462 e. The molecule has 0 bridgehead atoms. The first-order chi connectivity index (χ1) is 9.60. The summed E-state index contributed by atoms with van der Waals surface area (Å²) in [5, 5.41) is 2.03. The van der Waals surface area contributed by atoms with Crippen molar-refractivity contribution in [3.63, 3.8) is 0 Å². The Morgan fingerprint density at radius 3 is 2.95 bits per heavy atom. The SMILES string of the molecule is CCOC(=O)c1sc2nc(-c3cc(Br)cs3)cn2c1C. The molecule has 0 radical (unpaired) electrons. The molecule has 0 aliphatic carbocycles. The molecule has 7 heteroatoms. The van der Waals surface area contributed by atoms with Crippen molar-refractivity contribution in [1.29, 1.82) is 0 Å². The van der Waals surface area contributed by atoms with E-state index in [9.17, 15) is 4.79 Å². The van der Waals surface area contributed by atoms with Gasteiger partial charge in [0.1, 0.15) is 10.6 Å². The van der Waals surface area contributed by atoms with Crippen molar-refractivity contribution >= 4 is 49.5 Å². The maximum atomic E-state index is 11.8. The van der Waals surface area contributed by atoms with Crippen LogP contribution in [0.5, 0.6) is 0 Å². The third kappa shape index (κ3) is 2.30. The van der Waals surface area contributed by atoms with E-state index in [2.05, 4.69) is 20.9 Å². The molecular formula is C13H11BrN2O2S2. The van der Waals surface area contributed by atoms with Crippen LogP contribution in [0.3, 0.4) is 0 Å². The van der Waals surface area contributed by atoms with Gasteiger partial charge in [0.05, 0.1) is 11.5 Å². The molecule has 0 unspecified atom stereocenters. The number of thiazole rings is 1. The zero-order chi connectivity index (χ0) is 14.3. The second-order valence-corrected chi connectivity index (χ2v) is 6.95. The molecular weight excluding hydrogens is 360 g/mol. The van der Waals surface area contributed by atoms with E-state index in [1.807, 2.05) is 29.0 Å². The van der Waals surface area contributed by atoms with Gasteiger partial charge >= 0.3 is 5.97 Å². The summed E-state index contributed by atoms with van der Waals surface area (Å²) in [4.78, 5) is 18.9. The van der Waals surface area contributed by atoms with Gasteiger partial charge in [0.2, 0.25) is 0 Å². The van der Waals surface area contributed by atoms with Gasteiger partial charge in [0.15, 0.2) is 4.96 Å². The summed E-state index contributed by atoms with van der Waals surface area (Å²) in [7, 11) is 0. The number of carbonyl (C=O) groups excluding carboxylic acids is 1. The number of thiophene rings is 1. The first-order valence-electron chi connectivity index (χ1n) is 6.00. The summed E-state index contributed by atoms with van der Waals surface area (Å²) in [6.07, 6.45) is 1.96. The molecule has 0 N–H and O–H groups in total.